The summed E-state index contributed by atoms with van der Waals surface area (Å²) in [7, 11) is 3.09. The topological polar surface area (TPSA) is 89.1 Å². The molecule has 1 amide bonds. The van der Waals surface area contributed by atoms with E-state index in [1.165, 1.54) is 7.11 Å². The molecule has 0 saturated carbocycles. The zero-order valence-electron chi connectivity index (χ0n) is 13.2. The molecule has 3 aromatic rings. The summed E-state index contributed by atoms with van der Waals surface area (Å²) in [5, 5.41) is 9.62. The van der Waals surface area contributed by atoms with Gasteiger partial charge in [-0.05, 0) is 30.3 Å². The fraction of sp³-hybridized carbons (Fsp3) is 0.118. The second-order valence-corrected chi connectivity index (χ2v) is 4.90. The summed E-state index contributed by atoms with van der Waals surface area (Å²) in [5.74, 6) is 0.823. The van der Waals surface area contributed by atoms with Crippen LogP contribution in [0.1, 0.15) is 10.5 Å². The molecule has 0 aliphatic heterocycles. The lowest BCUT2D eigenvalue weighted by Gasteiger charge is -2.10. The zero-order chi connectivity index (χ0) is 16.9. The fourth-order valence-corrected chi connectivity index (χ4v) is 2.17. The number of nitrogens with one attached hydrogen (secondary N) is 2. The highest BCUT2D eigenvalue weighted by Crippen LogP contribution is 2.29. The molecule has 2 heterocycles. The van der Waals surface area contributed by atoms with E-state index in [-0.39, 0.29) is 5.91 Å². The zero-order valence-corrected chi connectivity index (χ0v) is 13.2. The lowest BCUT2D eigenvalue weighted by molar-refractivity contribution is 0.102. The molecule has 0 aliphatic rings. The van der Waals surface area contributed by atoms with E-state index in [1.807, 2.05) is 18.2 Å². The number of nitrogens with zero attached hydrogens (tertiary/aromatic N) is 2. The number of hydrogen-bond donors (Lipinski definition) is 2. The van der Waals surface area contributed by atoms with Crippen LogP contribution in [-0.4, -0.2) is 35.3 Å². The Bertz CT molecular complexity index is 846. The van der Waals surface area contributed by atoms with Crippen LogP contribution in [0.4, 0.5) is 5.69 Å². The maximum Gasteiger partial charge on any atom is 0.273 e. The van der Waals surface area contributed by atoms with Crippen molar-refractivity contribution in [3.05, 3.63) is 54.4 Å². The van der Waals surface area contributed by atoms with E-state index in [9.17, 15) is 4.79 Å². The first-order chi connectivity index (χ1) is 11.7. The molecule has 0 spiro atoms. The molecule has 0 fully saturated rings. The molecule has 0 atom stereocenters. The van der Waals surface area contributed by atoms with Crippen molar-refractivity contribution in [3.63, 3.8) is 0 Å². The van der Waals surface area contributed by atoms with Gasteiger partial charge in [-0.3, -0.25) is 14.9 Å². The van der Waals surface area contributed by atoms with Gasteiger partial charge in [0, 0.05) is 12.3 Å². The Balaban J connectivity index is 1.80. The Morgan fingerprint density at radius 3 is 2.67 bits per heavy atom. The van der Waals surface area contributed by atoms with E-state index in [2.05, 4.69) is 20.5 Å². The predicted octanol–water partition coefficient (Wildman–Crippen LogP) is 2.74. The molecule has 1 aromatic carbocycles. The standard InChI is InChI=1S/C17H16N4O3/c1-23-11-6-7-13(16(9-11)24-2)19-17(22)15-10-14(20-21-15)12-5-3-4-8-18-12/h3-10H,1-2H3,(H,19,22)(H,20,21). The van der Waals surface area contributed by atoms with Gasteiger partial charge in [-0.15, -0.1) is 0 Å². The van der Waals surface area contributed by atoms with Crippen molar-refractivity contribution < 1.29 is 14.3 Å². The summed E-state index contributed by atoms with van der Waals surface area (Å²) in [6, 6.07) is 12.3. The van der Waals surface area contributed by atoms with Crippen LogP contribution < -0.4 is 14.8 Å². The number of hydrogen-bond acceptors (Lipinski definition) is 5. The number of anilines is 1. The molecular weight excluding hydrogens is 308 g/mol. The van der Waals surface area contributed by atoms with Crippen molar-refractivity contribution >= 4 is 11.6 Å². The van der Waals surface area contributed by atoms with Crippen LogP contribution in [0, 0.1) is 0 Å². The second-order valence-electron chi connectivity index (χ2n) is 4.90. The maximum absolute atomic E-state index is 12.4. The van der Waals surface area contributed by atoms with Crippen molar-refractivity contribution in [1.82, 2.24) is 15.2 Å². The third-order valence-electron chi connectivity index (χ3n) is 3.41. The van der Waals surface area contributed by atoms with Gasteiger partial charge in [-0.1, -0.05) is 6.07 Å². The van der Waals surface area contributed by atoms with Gasteiger partial charge in [-0.2, -0.15) is 5.10 Å². The summed E-state index contributed by atoms with van der Waals surface area (Å²) in [5.41, 5.74) is 2.16. The molecule has 0 bridgehead atoms. The third-order valence-corrected chi connectivity index (χ3v) is 3.41. The Morgan fingerprint density at radius 2 is 1.96 bits per heavy atom. The number of H-pyrrole nitrogens is 1. The summed E-state index contributed by atoms with van der Waals surface area (Å²) in [6.07, 6.45) is 1.67. The first-order valence-electron chi connectivity index (χ1n) is 7.21. The number of carbonyl (C=O) groups excluding carboxylic acids is 1. The van der Waals surface area contributed by atoms with Gasteiger partial charge >= 0.3 is 0 Å². The maximum atomic E-state index is 12.4. The van der Waals surface area contributed by atoms with Crippen molar-refractivity contribution in [2.75, 3.05) is 19.5 Å². The van der Waals surface area contributed by atoms with E-state index >= 15 is 0 Å². The molecule has 2 N–H and O–H groups in total. The largest absolute Gasteiger partial charge is 0.497 e. The second kappa shape index (κ2) is 6.82. The van der Waals surface area contributed by atoms with E-state index in [4.69, 9.17) is 9.47 Å². The molecule has 2 aromatic heterocycles. The van der Waals surface area contributed by atoms with Gasteiger partial charge in [-0.25, -0.2) is 0 Å². The van der Waals surface area contributed by atoms with Gasteiger partial charge in [0.15, 0.2) is 0 Å². The normalized spacial score (nSPS) is 10.2. The number of carbonyl (C=O) groups is 1. The van der Waals surface area contributed by atoms with Gasteiger partial charge in [0.25, 0.3) is 5.91 Å². The highest BCUT2D eigenvalue weighted by molar-refractivity contribution is 6.04. The van der Waals surface area contributed by atoms with Crippen molar-refractivity contribution in [2.24, 2.45) is 0 Å². The molecule has 7 heteroatoms. The fourth-order valence-electron chi connectivity index (χ4n) is 2.17. The highest BCUT2D eigenvalue weighted by atomic mass is 16.5. The van der Waals surface area contributed by atoms with Crippen molar-refractivity contribution in [1.29, 1.82) is 0 Å². The van der Waals surface area contributed by atoms with Crippen LogP contribution in [0.5, 0.6) is 11.5 Å². The molecule has 0 aliphatic carbocycles. The van der Waals surface area contributed by atoms with Gasteiger partial charge in [0.05, 0.1) is 25.6 Å². The van der Waals surface area contributed by atoms with E-state index < -0.39 is 0 Å². The number of rotatable bonds is 5. The lowest BCUT2D eigenvalue weighted by Crippen LogP contribution is -2.13. The smallest absolute Gasteiger partial charge is 0.273 e. The first kappa shape index (κ1) is 15.5. The molecular formula is C17H16N4O3. The molecule has 0 radical (unpaired) electrons. The number of amides is 1. The summed E-state index contributed by atoms with van der Waals surface area (Å²) in [4.78, 5) is 16.6. The van der Waals surface area contributed by atoms with Gasteiger partial charge in [0.2, 0.25) is 0 Å². The lowest BCUT2D eigenvalue weighted by atomic mass is 10.2. The van der Waals surface area contributed by atoms with Crippen molar-refractivity contribution in [3.8, 4) is 22.9 Å². The number of ether oxygens (including phenoxy) is 2. The number of methoxy groups -OCH3 is 2. The van der Waals surface area contributed by atoms with E-state index in [0.29, 0.717) is 34.3 Å². The Morgan fingerprint density at radius 1 is 1.08 bits per heavy atom. The molecule has 0 saturated heterocycles. The predicted molar refractivity (Wildman–Crippen MR) is 89.3 cm³/mol. The number of aromatic amines is 1. The van der Waals surface area contributed by atoms with Crippen molar-refractivity contribution in [2.45, 2.75) is 0 Å². The number of pyridine rings is 1. The van der Waals surface area contributed by atoms with Crippen LogP contribution in [0.2, 0.25) is 0 Å². The summed E-state index contributed by atoms with van der Waals surface area (Å²) >= 11 is 0. The van der Waals surface area contributed by atoms with Gasteiger partial charge < -0.3 is 14.8 Å². The summed E-state index contributed by atoms with van der Waals surface area (Å²) in [6.45, 7) is 0. The minimum absolute atomic E-state index is 0.326. The first-order valence-corrected chi connectivity index (χ1v) is 7.21. The summed E-state index contributed by atoms with van der Waals surface area (Å²) < 4.78 is 10.4. The third kappa shape index (κ3) is 3.19. The Hall–Kier alpha value is -3.35. The Labute approximate surface area is 138 Å². The van der Waals surface area contributed by atoms with Crippen LogP contribution in [0.25, 0.3) is 11.4 Å². The molecule has 24 heavy (non-hydrogen) atoms. The van der Waals surface area contributed by atoms with E-state index in [0.717, 1.165) is 0 Å². The monoisotopic (exact) mass is 324 g/mol. The average Bonchev–Trinajstić information content (AvgIpc) is 3.13. The minimum atomic E-state index is -0.326. The van der Waals surface area contributed by atoms with Gasteiger partial charge in [0.1, 0.15) is 22.9 Å². The van der Waals surface area contributed by atoms with E-state index in [1.54, 1.807) is 37.6 Å². The highest BCUT2D eigenvalue weighted by Gasteiger charge is 2.14. The van der Waals surface area contributed by atoms with Crippen LogP contribution in [0.3, 0.4) is 0 Å². The van der Waals surface area contributed by atoms with Crippen LogP contribution >= 0.6 is 0 Å². The minimum Gasteiger partial charge on any atom is -0.497 e. The average molecular weight is 324 g/mol. The SMILES string of the molecule is COc1ccc(NC(=O)c2cc(-c3ccccn3)n[nH]2)c(OC)c1. The molecule has 122 valence electrons. The van der Waals surface area contributed by atoms with Crippen LogP contribution in [0.15, 0.2) is 48.7 Å². The molecule has 0 unspecified atom stereocenters. The number of aromatic nitrogens is 3. The molecule has 3 rings (SSSR count). The number of benzene rings is 1. The van der Waals surface area contributed by atoms with Crippen LogP contribution in [-0.2, 0) is 0 Å². The Kier molecular flexibility index (Phi) is 4.42. The molecule has 7 nitrogen and oxygen atoms in total. The quantitative estimate of drug-likeness (QED) is 0.753.